The van der Waals surface area contributed by atoms with Crippen molar-refractivity contribution in [3.63, 3.8) is 0 Å². The first-order valence-corrected chi connectivity index (χ1v) is 6.16. The van der Waals surface area contributed by atoms with Crippen LogP contribution in [-0.4, -0.2) is 19.8 Å². The van der Waals surface area contributed by atoms with Gasteiger partial charge in [0.25, 0.3) is 0 Å². The summed E-state index contributed by atoms with van der Waals surface area (Å²) in [5.74, 6) is 0.849. The minimum Gasteiger partial charge on any atom is -0.493 e. The van der Waals surface area contributed by atoms with Gasteiger partial charge < -0.3 is 10.5 Å². The Kier molecular flexibility index (Phi) is 5.77. The van der Waals surface area contributed by atoms with Gasteiger partial charge in [0, 0.05) is 10.9 Å². The van der Waals surface area contributed by atoms with Crippen molar-refractivity contribution in [3.05, 3.63) is 27.7 Å². The predicted molar refractivity (Wildman–Crippen MR) is 67.7 cm³/mol. The van der Waals surface area contributed by atoms with Crippen LogP contribution in [0.25, 0.3) is 0 Å². The van der Waals surface area contributed by atoms with Crippen LogP contribution in [0.1, 0.15) is 17.5 Å². The van der Waals surface area contributed by atoms with Crippen LogP contribution in [0.4, 0.5) is 4.39 Å². The zero-order chi connectivity index (χ0) is 12.0. The molecule has 0 bridgehead atoms. The molecule has 16 heavy (non-hydrogen) atoms. The summed E-state index contributed by atoms with van der Waals surface area (Å²) < 4.78 is 18.6. The second kappa shape index (κ2) is 6.86. The van der Waals surface area contributed by atoms with Crippen molar-refractivity contribution in [1.29, 1.82) is 0 Å². The molecule has 0 spiro atoms. The maximum Gasteiger partial charge on any atom is 0.125 e. The van der Waals surface area contributed by atoms with Gasteiger partial charge in [0.05, 0.1) is 13.3 Å². The van der Waals surface area contributed by atoms with Crippen molar-refractivity contribution in [2.45, 2.75) is 19.8 Å². The Bertz CT molecular complexity index is 344. The van der Waals surface area contributed by atoms with Gasteiger partial charge in [-0.3, -0.25) is 4.39 Å². The number of halogens is 2. The average molecular weight is 290 g/mol. The monoisotopic (exact) mass is 289 g/mol. The van der Waals surface area contributed by atoms with Gasteiger partial charge >= 0.3 is 0 Å². The van der Waals surface area contributed by atoms with Gasteiger partial charge in [0.2, 0.25) is 0 Å². The molecule has 0 amide bonds. The fourth-order valence-electron chi connectivity index (χ4n) is 1.58. The van der Waals surface area contributed by atoms with Gasteiger partial charge in [-0.1, -0.05) is 15.9 Å². The molecule has 0 fully saturated rings. The molecule has 1 aromatic carbocycles. The van der Waals surface area contributed by atoms with E-state index < -0.39 is 0 Å². The molecule has 0 aliphatic carbocycles. The van der Waals surface area contributed by atoms with Crippen molar-refractivity contribution >= 4 is 15.9 Å². The predicted octanol–water partition coefficient (Wildman–Crippen LogP) is 3.00. The standard InChI is InChI=1S/C12H17BrFNO/c1-9-7-11(13)8-10(3-5-15)12(9)16-6-2-4-14/h7-8H,2-6,15H2,1H3. The Balaban J connectivity index is 2.85. The number of hydrogen-bond donors (Lipinski definition) is 1. The molecule has 4 heteroatoms. The van der Waals surface area contributed by atoms with Gasteiger partial charge in [0.1, 0.15) is 5.75 Å². The van der Waals surface area contributed by atoms with Crippen molar-refractivity contribution < 1.29 is 9.13 Å². The zero-order valence-electron chi connectivity index (χ0n) is 9.43. The van der Waals surface area contributed by atoms with Crippen LogP contribution in [0.5, 0.6) is 5.75 Å². The van der Waals surface area contributed by atoms with E-state index in [1.54, 1.807) is 0 Å². The first-order valence-electron chi connectivity index (χ1n) is 5.37. The molecular formula is C12H17BrFNO. The van der Waals surface area contributed by atoms with E-state index in [9.17, 15) is 4.39 Å². The molecule has 0 saturated carbocycles. The second-order valence-electron chi connectivity index (χ2n) is 3.64. The second-order valence-corrected chi connectivity index (χ2v) is 4.56. The van der Waals surface area contributed by atoms with Crippen LogP contribution in [0.15, 0.2) is 16.6 Å². The van der Waals surface area contributed by atoms with E-state index >= 15 is 0 Å². The molecule has 0 radical (unpaired) electrons. The highest BCUT2D eigenvalue weighted by molar-refractivity contribution is 9.10. The lowest BCUT2D eigenvalue weighted by atomic mass is 10.1. The fraction of sp³-hybridized carbons (Fsp3) is 0.500. The van der Waals surface area contributed by atoms with Crippen LogP contribution in [0.2, 0.25) is 0 Å². The Morgan fingerprint density at radius 3 is 2.81 bits per heavy atom. The van der Waals surface area contributed by atoms with Crippen LogP contribution >= 0.6 is 15.9 Å². The Labute approximate surface area is 104 Å². The Morgan fingerprint density at radius 1 is 1.44 bits per heavy atom. The number of benzene rings is 1. The van der Waals surface area contributed by atoms with Crippen LogP contribution in [0, 0.1) is 6.92 Å². The van der Waals surface area contributed by atoms with Crippen LogP contribution in [-0.2, 0) is 6.42 Å². The lowest BCUT2D eigenvalue weighted by Crippen LogP contribution is -2.07. The van der Waals surface area contributed by atoms with Crippen molar-refractivity contribution in [2.24, 2.45) is 5.73 Å². The van der Waals surface area contributed by atoms with Crippen molar-refractivity contribution in [1.82, 2.24) is 0 Å². The van der Waals surface area contributed by atoms with E-state index in [-0.39, 0.29) is 6.67 Å². The average Bonchev–Trinajstić information content (AvgIpc) is 2.22. The third kappa shape index (κ3) is 3.76. The van der Waals surface area contributed by atoms with Crippen LogP contribution in [0.3, 0.4) is 0 Å². The molecule has 0 aromatic heterocycles. The van der Waals surface area contributed by atoms with E-state index in [1.807, 2.05) is 19.1 Å². The summed E-state index contributed by atoms with van der Waals surface area (Å²) >= 11 is 3.44. The van der Waals surface area contributed by atoms with Crippen molar-refractivity contribution in [3.8, 4) is 5.75 Å². The maximum atomic E-state index is 12.0. The van der Waals surface area contributed by atoms with Gasteiger partial charge in [-0.25, -0.2) is 0 Å². The van der Waals surface area contributed by atoms with Crippen LogP contribution < -0.4 is 10.5 Å². The third-order valence-electron chi connectivity index (χ3n) is 2.25. The highest BCUT2D eigenvalue weighted by Crippen LogP contribution is 2.28. The Hall–Kier alpha value is -0.610. The summed E-state index contributed by atoms with van der Waals surface area (Å²) in [6.07, 6.45) is 1.20. The van der Waals surface area contributed by atoms with E-state index in [1.165, 1.54) is 0 Å². The number of hydrogen-bond acceptors (Lipinski definition) is 2. The van der Waals surface area contributed by atoms with E-state index in [2.05, 4.69) is 15.9 Å². The minimum atomic E-state index is -0.345. The highest BCUT2D eigenvalue weighted by atomic mass is 79.9. The van der Waals surface area contributed by atoms with E-state index in [4.69, 9.17) is 10.5 Å². The number of rotatable bonds is 6. The topological polar surface area (TPSA) is 35.2 Å². The van der Waals surface area contributed by atoms with Gasteiger partial charge in [0.15, 0.2) is 0 Å². The normalized spacial score (nSPS) is 10.5. The molecule has 90 valence electrons. The smallest absolute Gasteiger partial charge is 0.125 e. The molecule has 2 N–H and O–H groups in total. The number of nitrogens with two attached hydrogens (primary N) is 1. The highest BCUT2D eigenvalue weighted by Gasteiger charge is 2.08. The number of aryl methyl sites for hydroxylation is 1. The fourth-order valence-corrected chi connectivity index (χ4v) is 2.20. The van der Waals surface area contributed by atoms with Gasteiger partial charge in [-0.05, 0) is 43.1 Å². The molecule has 0 saturated heterocycles. The molecular weight excluding hydrogens is 273 g/mol. The molecule has 1 rings (SSSR count). The van der Waals surface area contributed by atoms with E-state index in [0.717, 1.165) is 27.8 Å². The van der Waals surface area contributed by atoms with Crippen molar-refractivity contribution in [2.75, 3.05) is 19.8 Å². The van der Waals surface area contributed by atoms with Gasteiger partial charge in [-0.15, -0.1) is 0 Å². The van der Waals surface area contributed by atoms with Gasteiger partial charge in [-0.2, -0.15) is 0 Å². The quantitative estimate of drug-likeness (QED) is 0.817. The lowest BCUT2D eigenvalue weighted by molar-refractivity contribution is 0.285. The molecule has 0 heterocycles. The molecule has 0 aliphatic rings. The molecule has 1 aromatic rings. The SMILES string of the molecule is Cc1cc(Br)cc(CCN)c1OCCCF. The molecule has 2 nitrogen and oxygen atoms in total. The summed E-state index contributed by atoms with van der Waals surface area (Å²) in [6, 6.07) is 4.00. The zero-order valence-corrected chi connectivity index (χ0v) is 11.0. The summed E-state index contributed by atoms with van der Waals surface area (Å²) in [4.78, 5) is 0. The number of alkyl halides is 1. The lowest BCUT2D eigenvalue weighted by Gasteiger charge is -2.14. The maximum absolute atomic E-state index is 12.0. The third-order valence-corrected chi connectivity index (χ3v) is 2.71. The first-order chi connectivity index (χ1) is 7.69. The largest absolute Gasteiger partial charge is 0.493 e. The molecule has 0 unspecified atom stereocenters. The molecule has 0 aliphatic heterocycles. The Morgan fingerprint density at radius 2 is 2.19 bits per heavy atom. The molecule has 0 atom stereocenters. The van der Waals surface area contributed by atoms with E-state index in [0.29, 0.717) is 19.6 Å². The summed E-state index contributed by atoms with van der Waals surface area (Å²) in [6.45, 7) is 2.63. The minimum absolute atomic E-state index is 0.345. The summed E-state index contributed by atoms with van der Waals surface area (Å²) in [5, 5.41) is 0. The summed E-state index contributed by atoms with van der Waals surface area (Å²) in [7, 11) is 0. The number of ether oxygens (including phenoxy) is 1. The summed E-state index contributed by atoms with van der Waals surface area (Å²) in [5.41, 5.74) is 7.68. The first kappa shape index (κ1) is 13.5.